The van der Waals surface area contributed by atoms with E-state index >= 15 is 0 Å². The van der Waals surface area contributed by atoms with Gasteiger partial charge in [-0.1, -0.05) is 17.7 Å². The Morgan fingerprint density at radius 3 is 2.57 bits per heavy atom. The maximum absolute atomic E-state index is 12.4. The van der Waals surface area contributed by atoms with Gasteiger partial charge in [0.05, 0.1) is 10.7 Å². The van der Waals surface area contributed by atoms with Crippen LogP contribution in [0.25, 0.3) is 0 Å². The SMILES string of the molecule is CNCc1sc(S(=O)(=O)Nc2ccc(C)cc2Cl)cc1C. The number of sulfonamides is 1. The second kappa shape index (κ2) is 6.36. The number of anilines is 1. The average molecular weight is 345 g/mol. The average Bonchev–Trinajstić information content (AvgIpc) is 2.76. The number of hydrogen-bond acceptors (Lipinski definition) is 4. The molecule has 0 fully saturated rings. The second-order valence-corrected chi connectivity index (χ2v) is 8.24. The van der Waals surface area contributed by atoms with E-state index < -0.39 is 10.0 Å². The van der Waals surface area contributed by atoms with Crippen molar-refractivity contribution in [3.63, 3.8) is 0 Å². The zero-order chi connectivity index (χ0) is 15.6. The molecule has 0 bridgehead atoms. The van der Waals surface area contributed by atoms with Crippen LogP contribution in [0.3, 0.4) is 0 Å². The Labute approximate surface area is 134 Å². The Hall–Kier alpha value is -1.08. The molecule has 0 aliphatic heterocycles. The summed E-state index contributed by atoms with van der Waals surface area (Å²) in [5.41, 5.74) is 2.33. The topological polar surface area (TPSA) is 58.2 Å². The number of benzene rings is 1. The summed E-state index contributed by atoms with van der Waals surface area (Å²) in [4.78, 5) is 1.01. The van der Waals surface area contributed by atoms with E-state index in [1.54, 1.807) is 18.2 Å². The molecule has 0 amide bonds. The van der Waals surface area contributed by atoms with E-state index in [0.717, 1.165) is 16.0 Å². The van der Waals surface area contributed by atoms with Gasteiger partial charge in [0.2, 0.25) is 0 Å². The molecular weight excluding hydrogens is 328 g/mol. The number of aryl methyl sites for hydroxylation is 2. The predicted molar refractivity (Wildman–Crippen MR) is 88.8 cm³/mol. The Kier molecular flexibility index (Phi) is 4.93. The summed E-state index contributed by atoms with van der Waals surface area (Å²) in [6.45, 7) is 4.45. The van der Waals surface area contributed by atoms with Crippen LogP contribution in [0.1, 0.15) is 16.0 Å². The summed E-state index contributed by atoms with van der Waals surface area (Å²) in [5, 5.41) is 3.42. The fourth-order valence-electron chi connectivity index (χ4n) is 1.86. The smallest absolute Gasteiger partial charge is 0.271 e. The number of nitrogens with one attached hydrogen (secondary N) is 2. The minimum atomic E-state index is -3.61. The van der Waals surface area contributed by atoms with E-state index in [1.807, 2.05) is 27.0 Å². The largest absolute Gasteiger partial charge is 0.315 e. The van der Waals surface area contributed by atoms with Crippen LogP contribution in [0.2, 0.25) is 5.02 Å². The highest BCUT2D eigenvalue weighted by molar-refractivity contribution is 7.94. The lowest BCUT2D eigenvalue weighted by molar-refractivity contribution is 0.603. The monoisotopic (exact) mass is 344 g/mol. The number of hydrogen-bond donors (Lipinski definition) is 2. The summed E-state index contributed by atoms with van der Waals surface area (Å²) >= 11 is 7.34. The van der Waals surface area contributed by atoms with Gasteiger partial charge >= 0.3 is 0 Å². The van der Waals surface area contributed by atoms with Gasteiger partial charge in [0.25, 0.3) is 10.0 Å². The molecule has 0 saturated carbocycles. The lowest BCUT2D eigenvalue weighted by Crippen LogP contribution is -2.11. The minimum Gasteiger partial charge on any atom is -0.315 e. The molecule has 1 aromatic heterocycles. The van der Waals surface area contributed by atoms with Crippen molar-refractivity contribution < 1.29 is 8.42 Å². The normalized spacial score (nSPS) is 11.6. The predicted octanol–water partition coefficient (Wildman–Crippen LogP) is 3.54. The van der Waals surface area contributed by atoms with Crippen LogP contribution < -0.4 is 10.0 Å². The molecule has 0 aliphatic carbocycles. The molecule has 1 aromatic carbocycles. The summed E-state index contributed by atoms with van der Waals surface area (Å²) in [5.74, 6) is 0. The van der Waals surface area contributed by atoms with E-state index in [0.29, 0.717) is 21.5 Å². The van der Waals surface area contributed by atoms with Crippen molar-refractivity contribution >= 4 is 38.6 Å². The lowest BCUT2D eigenvalue weighted by atomic mass is 10.2. The van der Waals surface area contributed by atoms with Crippen molar-refractivity contribution in [2.45, 2.75) is 24.6 Å². The van der Waals surface area contributed by atoms with Crippen molar-refractivity contribution in [2.75, 3.05) is 11.8 Å². The van der Waals surface area contributed by atoms with Gasteiger partial charge in [-0.15, -0.1) is 11.3 Å². The van der Waals surface area contributed by atoms with Crippen molar-refractivity contribution in [1.82, 2.24) is 5.32 Å². The Morgan fingerprint density at radius 1 is 1.24 bits per heavy atom. The van der Waals surface area contributed by atoms with Gasteiger partial charge < -0.3 is 5.32 Å². The number of halogens is 1. The van der Waals surface area contributed by atoms with Crippen molar-refractivity contribution in [3.05, 3.63) is 45.3 Å². The Morgan fingerprint density at radius 2 is 1.95 bits per heavy atom. The van der Waals surface area contributed by atoms with E-state index in [9.17, 15) is 8.42 Å². The molecular formula is C14H17ClN2O2S2. The quantitative estimate of drug-likeness (QED) is 0.872. The summed E-state index contributed by atoms with van der Waals surface area (Å²) < 4.78 is 27.7. The van der Waals surface area contributed by atoms with Gasteiger partial charge in [-0.2, -0.15) is 0 Å². The van der Waals surface area contributed by atoms with Gasteiger partial charge in [-0.05, 0) is 50.2 Å². The third kappa shape index (κ3) is 3.77. The maximum atomic E-state index is 12.4. The molecule has 2 aromatic rings. The van der Waals surface area contributed by atoms with Crippen molar-refractivity contribution in [1.29, 1.82) is 0 Å². The van der Waals surface area contributed by atoms with Crippen LogP contribution in [-0.2, 0) is 16.6 Å². The van der Waals surface area contributed by atoms with Crippen molar-refractivity contribution in [2.24, 2.45) is 0 Å². The standard InChI is InChI=1S/C14H17ClN2O2S2/c1-9-4-5-12(11(15)6-9)17-21(18,19)14-7-10(2)13(20-14)8-16-3/h4-7,16-17H,8H2,1-3H3. The highest BCUT2D eigenvalue weighted by Crippen LogP contribution is 2.30. The second-order valence-electron chi connectivity index (χ2n) is 4.79. The van der Waals surface area contributed by atoms with Crippen LogP contribution in [0, 0.1) is 13.8 Å². The van der Waals surface area contributed by atoms with Crippen LogP contribution in [0.15, 0.2) is 28.5 Å². The molecule has 2 rings (SSSR count). The highest BCUT2D eigenvalue weighted by Gasteiger charge is 2.20. The first kappa shape index (κ1) is 16.3. The van der Waals surface area contributed by atoms with Gasteiger partial charge in [0, 0.05) is 11.4 Å². The third-order valence-corrected chi connectivity index (χ3v) is 6.36. The lowest BCUT2D eigenvalue weighted by Gasteiger charge is -2.08. The fourth-order valence-corrected chi connectivity index (χ4v) is 4.87. The third-order valence-electron chi connectivity index (χ3n) is 2.97. The molecule has 0 unspecified atom stereocenters. The molecule has 1 heterocycles. The molecule has 0 radical (unpaired) electrons. The van der Waals surface area contributed by atoms with Crippen LogP contribution >= 0.6 is 22.9 Å². The van der Waals surface area contributed by atoms with E-state index in [2.05, 4.69) is 10.0 Å². The zero-order valence-corrected chi connectivity index (χ0v) is 14.4. The first-order valence-electron chi connectivity index (χ1n) is 6.36. The van der Waals surface area contributed by atoms with Gasteiger partial charge in [-0.25, -0.2) is 8.42 Å². The molecule has 21 heavy (non-hydrogen) atoms. The first-order chi connectivity index (χ1) is 9.83. The van der Waals surface area contributed by atoms with E-state index in [-0.39, 0.29) is 0 Å². The molecule has 0 aliphatic rings. The molecule has 114 valence electrons. The number of rotatable bonds is 5. The fraction of sp³-hybridized carbons (Fsp3) is 0.286. The Bertz CT molecular complexity index is 754. The summed E-state index contributed by atoms with van der Waals surface area (Å²) in [7, 11) is -1.78. The molecule has 0 saturated heterocycles. The Balaban J connectivity index is 2.32. The van der Waals surface area contributed by atoms with Gasteiger partial charge in [0.15, 0.2) is 0 Å². The van der Waals surface area contributed by atoms with Crippen LogP contribution in [-0.4, -0.2) is 15.5 Å². The first-order valence-corrected chi connectivity index (χ1v) is 9.04. The number of thiophene rings is 1. The zero-order valence-electron chi connectivity index (χ0n) is 12.0. The van der Waals surface area contributed by atoms with Crippen LogP contribution in [0.4, 0.5) is 5.69 Å². The maximum Gasteiger partial charge on any atom is 0.271 e. The highest BCUT2D eigenvalue weighted by atomic mass is 35.5. The van der Waals surface area contributed by atoms with E-state index in [4.69, 9.17) is 11.6 Å². The molecule has 0 spiro atoms. The summed E-state index contributed by atoms with van der Waals surface area (Å²) in [6, 6.07) is 6.90. The molecule has 4 nitrogen and oxygen atoms in total. The minimum absolute atomic E-state index is 0.293. The molecule has 7 heteroatoms. The van der Waals surface area contributed by atoms with Crippen molar-refractivity contribution in [3.8, 4) is 0 Å². The molecule has 0 atom stereocenters. The van der Waals surface area contributed by atoms with Gasteiger partial charge in [-0.3, -0.25) is 4.72 Å². The van der Waals surface area contributed by atoms with Crippen LogP contribution in [0.5, 0.6) is 0 Å². The van der Waals surface area contributed by atoms with Gasteiger partial charge in [0.1, 0.15) is 4.21 Å². The van der Waals surface area contributed by atoms with E-state index in [1.165, 1.54) is 11.3 Å². The molecule has 2 N–H and O–H groups in total. The summed E-state index contributed by atoms with van der Waals surface area (Å²) in [6.07, 6.45) is 0.